The molecule has 8 N–H and O–H groups in total. The van der Waals surface area contributed by atoms with Gasteiger partial charge in [0.2, 0.25) is 0 Å². The number of nitrogens with zero attached hydrogens (tertiary/aromatic N) is 2. The molecule has 0 saturated carbocycles. The fourth-order valence-electron chi connectivity index (χ4n) is 6.51. The molecule has 3 aliphatic carbocycles. The number of nitrogens with one attached hydrogen (secondary N) is 2. The van der Waals surface area contributed by atoms with Crippen LogP contribution in [0, 0.1) is 22.7 Å². The molecule has 0 radical (unpaired) electrons. The van der Waals surface area contributed by atoms with E-state index in [1.54, 1.807) is 19.0 Å². The number of phenolic OH excluding ortho intramolecular Hbond substituents is 1. The van der Waals surface area contributed by atoms with Gasteiger partial charge in [-0.2, -0.15) is 0 Å². The highest BCUT2D eigenvalue weighted by atomic mass is 16.3. The SMILES string of the molecule is CN(C)c1cc(CNCC(C)(C)C)c(O)c2c1C[C@H]1C[C@H]3C(N(C)C)C(O)=C(C(N)=O)C(=N)[C@@]3(O)C(O)=C1C2=O. The van der Waals surface area contributed by atoms with Crippen LogP contribution in [0.1, 0.15) is 48.7 Å². The van der Waals surface area contributed by atoms with Crippen molar-refractivity contribution in [3.05, 3.63) is 45.4 Å². The molecule has 0 spiro atoms. The van der Waals surface area contributed by atoms with Crippen LogP contribution >= 0.6 is 0 Å². The molecule has 0 saturated heterocycles. The number of aliphatic hydroxyl groups excluding tert-OH is 2. The van der Waals surface area contributed by atoms with Crippen molar-refractivity contribution in [2.75, 3.05) is 39.6 Å². The summed E-state index contributed by atoms with van der Waals surface area (Å²) in [7, 11) is 6.99. The van der Waals surface area contributed by atoms with E-state index in [0.717, 1.165) is 5.69 Å². The lowest BCUT2D eigenvalue weighted by molar-refractivity contribution is -0.114. The van der Waals surface area contributed by atoms with Gasteiger partial charge in [-0.05, 0) is 49.9 Å². The van der Waals surface area contributed by atoms with E-state index in [4.69, 9.17) is 11.1 Å². The van der Waals surface area contributed by atoms with E-state index in [9.17, 15) is 30.0 Å². The summed E-state index contributed by atoms with van der Waals surface area (Å²) in [5, 5.41) is 57.7. The molecule has 11 heteroatoms. The van der Waals surface area contributed by atoms with Crippen molar-refractivity contribution < 1.29 is 30.0 Å². The quantitative estimate of drug-likeness (QED) is 0.275. The number of allylic oxidation sites excluding steroid dienone is 1. The summed E-state index contributed by atoms with van der Waals surface area (Å²) in [5.41, 5.74) is 3.57. The van der Waals surface area contributed by atoms with Crippen LogP contribution in [0.15, 0.2) is 28.7 Å². The Balaban J connectivity index is 1.90. The largest absolute Gasteiger partial charge is 0.510 e. The Hall–Kier alpha value is -3.41. The molecule has 4 atom stereocenters. The first-order valence-electron chi connectivity index (χ1n) is 13.4. The normalized spacial score (nSPS) is 26.6. The van der Waals surface area contributed by atoms with Crippen LogP contribution in [0.4, 0.5) is 5.69 Å². The van der Waals surface area contributed by atoms with E-state index in [1.165, 1.54) is 0 Å². The monoisotopic (exact) mass is 555 g/mol. The Morgan fingerprint density at radius 2 is 1.82 bits per heavy atom. The maximum Gasteiger partial charge on any atom is 0.254 e. The average molecular weight is 556 g/mol. The summed E-state index contributed by atoms with van der Waals surface area (Å²) in [5.74, 6) is -4.65. The number of Topliss-reactive ketones (excluding diaryl/α,β-unsaturated/α-hetero) is 1. The number of phenols is 1. The number of hydrogen-bond acceptors (Lipinski definition) is 10. The number of primary amides is 1. The third-order valence-corrected chi connectivity index (χ3v) is 8.29. The number of aliphatic hydroxyl groups is 3. The number of fused-ring (bicyclic) bond motifs is 3. The molecule has 0 aromatic heterocycles. The molecule has 0 fully saturated rings. The van der Waals surface area contributed by atoms with Crippen molar-refractivity contribution in [1.82, 2.24) is 10.2 Å². The van der Waals surface area contributed by atoms with Crippen LogP contribution in [-0.4, -0.2) is 89.1 Å². The summed E-state index contributed by atoms with van der Waals surface area (Å²) in [6, 6.07) is 0.914. The first kappa shape index (κ1) is 29.6. The molecule has 40 heavy (non-hydrogen) atoms. The third kappa shape index (κ3) is 4.46. The highest BCUT2D eigenvalue weighted by Gasteiger charge is 2.61. The van der Waals surface area contributed by atoms with Gasteiger partial charge < -0.3 is 41.8 Å². The minimum absolute atomic E-state index is 0.00343. The van der Waals surface area contributed by atoms with Crippen LogP contribution in [0.2, 0.25) is 0 Å². The molecular weight excluding hydrogens is 514 g/mol. The number of carbonyl (C=O) groups is 2. The number of amides is 1. The summed E-state index contributed by atoms with van der Waals surface area (Å²) < 4.78 is 0. The van der Waals surface area contributed by atoms with E-state index in [0.29, 0.717) is 24.2 Å². The zero-order valence-electron chi connectivity index (χ0n) is 24.2. The second kappa shape index (κ2) is 9.90. The number of rotatable bonds is 6. The van der Waals surface area contributed by atoms with E-state index in [1.807, 2.05) is 25.1 Å². The molecule has 11 nitrogen and oxygen atoms in total. The summed E-state index contributed by atoms with van der Waals surface area (Å²) in [6.07, 6.45) is 0.412. The lowest BCUT2D eigenvalue weighted by Crippen LogP contribution is -2.63. The predicted molar refractivity (Wildman–Crippen MR) is 152 cm³/mol. The van der Waals surface area contributed by atoms with Crippen LogP contribution in [-0.2, 0) is 17.8 Å². The van der Waals surface area contributed by atoms with Gasteiger partial charge in [0, 0.05) is 49.9 Å². The van der Waals surface area contributed by atoms with E-state index in [2.05, 4.69) is 26.1 Å². The predicted octanol–water partition coefficient (Wildman–Crippen LogP) is 1.77. The maximum atomic E-state index is 14.1. The number of ketones is 1. The van der Waals surface area contributed by atoms with Gasteiger partial charge in [-0.25, -0.2) is 0 Å². The van der Waals surface area contributed by atoms with Crippen molar-refractivity contribution in [1.29, 1.82) is 5.41 Å². The molecule has 4 rings (SSSR count). The van der Waals surface area contributed by atoms with Gasteiger partial charge in [-0.3, -0.25) is 14.5 Å². The number of nitrogens with two attached hydrogens (primary N) is 1. The van der Waals surface area contributed by atoms with E-state index >= 15 is 0 Å². The molecule has 0 aliphatic heterocycles. The molecule has 0 heterocycles. The zero-order chi connectivity index (χ0) is 30.1. The molecular formula is C29H41N5O6. The highest BCUT2D eigenvalue weighted by Crippen LogP contribution is 2.53. The van der Waals surface area contributed by atoms with Gasteiger partial charge in [0.15, 0.2) is 11.4 Å². The van der Waals surface area contributed by atoms with Crippen LogP contribution in [0.5, 0.6) is 5.75 Å². The molecule has 0 bridgehead atoms. The van der Waals surface area contributed by atoms with Gasteiger partial charge in [0.25, 0.3) is 5.91 Å². The van der Waals surface area contributed by atoms with Gasteiger partial charge in [-0.1, -0.05) is 20.8 Å². The van der Waals surface area contributed by atoms with Crippen LogP contribution in [0.25, 0.3) is 0 Å². The summed E-state index contributed by atoms with van der Waals surface area (Å²) in [4.78, 5) is 29.8. The topological polar surface area (TPSA) is 183 Å². The van der Waals surface area contributed by atoms with Gasteiger partial charge in [0.1, 0.15) is 22.8 Å². The summed E-state index contributed by atoms with van der Waals surface area (Å²) >= 11 is 0. The van der Waals surface area contributed by atoms with Gasteiger partial charge >= 0.3 is 0 Å². The number of benzene rings is 1. The Labute approximate surface area is 234 Å². The van der Waals surface area contributed by atoms with Gasteiger partial charge in [0.05, 0.1) is 17.3 Å². The molecule has 3 aliphatic rings. The Kier molecular flexibility index (Phi) is 7.32. The van der Waals surface area contributed by atoms with E-state index in [-0.39, 0.29) is 35.1 Å². The van der Waals surface area contributed by atoms with Crippen molar-refractivity contribution >= 4 is 23.1 Å². The van der Waals surface area contributed by atoms with Gasteiger partial charge in [-0.15, -0.1) is 0 Å². The molecule has 1 amide bonds. The van der Waals surface area contributed by atoms with Crippen LogP contribution in [0.3, 0.4) is 0 Å². The smallest absolute Gasteiger partial charge is 0.254 e. The Bertz CT molecular complexity index is 1360. The van der Waals surface area contributed by atoms with Crippen molar-refractivity contribution in [2.45, 2.75) is 51.8 Å². The molecule has 1 aromatic carbocycles. The minimum Gasteiger partial charge on any atom is -0.510 e. The van der Waals surface area contributed by atoms with Crippen molar-refractivity contribution in [2.24, 2.45) is 23.0 Å². The first-order valence-corrected chi connectivity index (χ1v) is 13.4. The zero-order valence-corrected chi connectivity index (χ0v) is 24.2. The molecule has 1 unspecified atom stereocenters. The second-order valence-electron chi connectivity index (χ2n) is 12.8. The third-order valence-electron chi connectivity index (χ3n) is 8.29. The number of aromatic hydroxyl groups is 1. The van der Waals surface area contributed by atoms with Crippen molar-refractivity contribution in [3.63, 3.8) is 0 Å². The average Bonchev–Trinajstić information content (AvgIpc) is 2.81. The Morgan fingerprint density at radius 3 is 2.35 bits per heavy atom. The molecule has 218 valence electrons. The number of hydrogen-bond donors (Lipinski definition) is 7. The van der Waals surface area contributed by atoms with E-state index < -0.39 is 58.0 Å². The minimum atomic E-state index is -2.43. The number of anilines is 1. The number of likely N-dealkylation sites (N-methyl/N-ethyl adjacent to an activating group) is 1. The first-order chi connectivity index (χ1) is 18.4. The van der Waals surface area contributed by atoms with Crippen LogP contribution < -0.4 is 16.0 Å². The fourth-order valence-corrected chi connectivity index (χ4v) is 6.51. The lowest BCUT2D eigenvalue weighted by Gasteiger charge is -2.51. The molecule has 1 aromatic rings. The summed E-state index contributed by atoms with van der Waals surface area (Å²) in [6.45, 7) is 7.24. The van der Waals surface area contributed by atoms with Crippen molar-refractivity contribution in [3.8, 4) is 5.75 Å². The standard InChI is InChI=1S/C29H41N5O6/c1-28(2,3)12-32-11-14-10-17(33(4)5)15-8-13-9-16-21(34(6)7)24(37)20(27(31)39)25(30)29(16,40)26(38)18(13)23(36)19(15)22(14)35/h10,13,16,21,30,32,35,37-38,40H,8-9,11-12H2,1-7H3,(H2,31,39)/t13-,16-,21?,29+/m0/s1. The lowest BCUT2D eigenvalue weighted by atomic mass is 9.58. The fraction of sp³-hybridized carbons (Fsp3) is 0.552. The Morgan fingerprint density at radius 1 is 1.20 bits per heavy atom. The second-order valence-corrected chi connectivity index (χ2v) is 12.8. The number of carbonyl (C=O) groups excluding carboxylic acids is 2. The highest BCUT2D eigenvalue weighted by molar-refractivity contribution is 6.26. The maximum absolute atomic E-state index is 14.1.